The number of aromatic nitrogens is 2. The number of alkyl halides is 2. The molecule has 1 N–H and O–H groups in total. The molecule has 1 aromatic carbocycles. The smallest absolute Gasteiger partial charge is 0.288 e. The van der Waals surface area contributed by atoms with Crippen LogP contribution in [0.4, 0.5) is 20.3 Å². The highest BCUT2D eigenvalue weighted by Crippen LogP contribution is 2.34. The highest BCUT2D eigenvalue weighted by molar-refractivity contribution is 9.10. The summed E-state index contributed by atoms with van der Waals surface area (Å²) in [6.45, 7) is 0. The molecule has 1 aromatic heterocycles. The number of hydrogen-bond donors (Lipinski definition) is 1. The molecule has 0 saturated carbocycles. The summed E-state index contributed by atoms with van der Waals surface area (Å²) in [7, 11) is 0. The Bertz CT molecular complexity index is 539. The lowest BCUT2D eigenvalue weighted by molar-refractivity contribution is 0.252. The van der Waals surface area contributed by atoms with E-state index in [1.807, 2.05) is 0 Å². The van der Waals surface area contributed by atoms with Crippen LogP contribution in [0.2, 0.25) is 0 Å². The van der Waals surface area contributed by atoms with Crippen LogP contribution in [0.5, 0.6) is 0 Å². The van der Waals surface area contributed by atoms with Gasteiger partial charge in [0.05, 0.1) is 10.2 Å². The van der Waals surface area contributed by atoms with Crippen LogP contribution in [0.3, 0.4) is 0 Å². The summed E-state index contributed by atoms with van der Waals surface area (Å²) >= 11 is 3.78. The zero-order valence-electron chi connectivity index (χ0n) is 8.98. The first kappa shape index (κ1) is 13.2. The molecule has 94 valence electrons. The van der Waals surface area contributed by atoms with Crippen molar-refractivity contribution in [1.82, 2.24) is 9.97 Å². The van der Waals surface area contributed by atoms with Crippen molar-refractivity contribution in [2.24, 2.45) is 0 Å². The molecule has 1 heterocycles. The van der Waals surface area contributed by atoms with Gasteiger partial charge in [0.15, 0.2) is 0 Å². The number of nitrogens with one attached hydrogen (secondary N) is 1. The number of rotatable bonds is 4. The summed E-state index contributed by atoms with van der Waals surface area (Å²) in [6.07, 6.45) is 2.97. The van der Waals surface area contributed by atoms with Crippen LogP contribution in [-0.4, -0.2) is 15.7 Å². The largest absolute Gasteiger partial charge is 0.338 e. The first-order chi connectivity index (χ1) is 8.66. The summed E-state index contributed by atoms with van der Waals surface area (Å²) in [4.78, 5) is 8.33. The Morgan fingerprint density at radius 2 is 2.06 bits per heavy atom. The number of para-hydroxylation sites is 1. The number of thioether (sulfide) groups is 1. The topological polar surface area (TPSA) is 37.8 Å². The molecule has 0 aliphatic carbocycles. The minimum absolute atomic E-state index is 0.470. The molecule has 0 spiro atoms. The van der Waals surface area contributed by atoms with Crippen LogP contribution in [-0.2, 0) is 0 Å². The third-order valence-electron chi connectivity index (χ3n) is 2.02. The zero-order chi connectivity index (χ0) is 13.0. The van der Waals surface area contributed by atoms with E-state index in [4.69, 9.17) is 0 Å². The minimum atomic E-state index is -2.46. The maximum Gasteiger partial charge on any atom is 0.288 e. The molecule has 0 bridgehead atoms. The van der Waals surface area contributed by atoms with Gasteiger partial charge in [-0.1, -0.05) is 23.9 Å². The molecule has 3 nitrogen and oxygen atoms in total. The van der Waals surface area contributed by atoms with Gasteiger partial charge < -0.3 is 5.32 Å². The van der Waals surface area contributed by atoms with Gasteiger partial charge in [-0.15, -0.1) is 0 Å². The van der Waals surface area contributed by atoms with E-state index in [0.29, 0.717) is 32.6 Å². The predicted octanol–water partition coefficient (Wildman–Crippen LogP) is 4.30. The average molecular weight is 332 g/mol. The molecular weight excluding hydrogens is 324 g/mol. The Balaban J connectivity index is 2.26. The lowest BCUT2D eigenvalue weighted by atomic mass is 10.3. The fourth-order valence-corrected chi connectivity index (χ4v) is 2.22. The van der Waals surface area contributed by atoms with E-state index in [1.165, 1.54) is 6.33 Å². The zero-order valence-corrected chi connectivity index (χ0v) is 11.4. The highest BCUT2D eigenvalue weighted by atomic mass is 79.9. The second kappa shape index (κ2) is 6.10. The molecule has 2 aromatic rings. The Morgan fingerprint density at radius 1 is 1.28 bits per heavy atom. The van der Waals surface area contributed by atoms with Crippen molar-refractivity contribution in [3.8, 4) is 0 Å². The number of anilines is 2. The van der Waals surface area contributed by atoms with Gasteiger partial charge in [0.2, 0.25) is 0 Å². The molecule has 0 radical (unpaired) electrons. The summed E-state index contributed by atoms with van der Waals surface area (Å²) in [5.41, 5.74) is 0.585. The van der Waals surface area contributed by atoms with Crippen molar-refractivity contribution in [2.45, 2.75) is 10.7 Å². The molecule has 2 rings (SSSR count). The van der Waals surface area contributed by atoms with Crippen molar-refractivity contribution in [3.05, 3.63) is 41.3 Å². The van der Waals surface area contributed by atoms with Gasteiger partial charge in [-0.25, -0.2) is 9.97 Å². The highest BCUT2D eigenvalue weighted by Gasteiger charge is 2.10. The average Bonchev–Trinajstić information content (AvgIpc) is 2.34. The minimum Gasteiger partial charge on any atom is -0.338 e. The van der Waals surface area contributed by atoms with Crippen molar-refractivity contribution >= 4 is 39.2 Å². The maximum absolute atomic E-state index is 12.4. The van der Waals surface area contributed by atoms with Gasteiger partial charge in [0, 0.05) is 11.1 Å². The Hall–Kier alpha value is -1.21. The van der Waals surface area contributed by atoms with E-state index in [2.05, 4.69) is 31.2 Å². The van der Waals surface area contributed by atoms with Gasteiger partial charge in [-0.05, 0) is 28.1 Å². The van der Waals surface area contributed by atoms with Crippen molar-refractivity contribution in [1.29, 1.82) is 0 Å². The van der Waals surface area contributed by atoms with Crippen LogP contribution in [0.15, 0.2) is 46.2 Å². The van der Waals surface area contributed by atoms with Gasteiger partial charge in [-0.3, -0.25) is 0 Å². The molecule has 18 heavy (non-hydrogen) atoms. The lowest BCUT2D eigenvalue weighted by Gasteiger charge is -2.11. The van der Waals surface area contributed by atoms with E-state index < -0.39 is 5.76 Å². The van der Waals surface area contributed by atoms with Crippen LogP contribution < -0.4 is 5.32 Å². The Labute approximate surface area is 115 Å². The van der Waals surface area contributed by atoms with Crippen molar-refractivity contribution in [2.75, 3.05) is 5.32 Å². The number of hydrogen-bond acceptors (Lipinski definition) is 4. The van der Waals surface area contributed by atoms with E-state index in [0.717, 1.165) is 0 Å². The van der Waals surface area contributed by atoms with Gasteiger partial charge in [-0.2, -0.15) is 8.78 Å². The maximum atomic E-state index is 12.4. The van der Waals surface area contributed by atoms with Crippen molar-refractivity contribution < 1.29 is 8.78 Å². The fourth-order valence-electron chi connectivity index (χ4n) is 1.30. The van der Waals surface area contributed by atoms with Crippen LogP contribution in [0.1, 0.15) is 0 Å². The summed E-state index contributed by atoms with van der Waals surface area (Å²) in [5, 5.41) is 2.99. The molecular formula is C11H8BrF2N3S. The van der Waals surface area contributed by atoms with E-state index >= 15 is 0 Å². The predicted molar refractivity (Wildman–Crippen MR) is 71.3 cm³/mol. The molecule has 7 heteroatoms. The summed E-state index contributed by atoms with van der Waals surface area (Å²) < 4.78 is 25.5. The number of nitrogens with zero attached hydrogens (tertiary/aromatic N) is 2. The fraction of sp³-hybridized carbons (Fsp3) is 0.0909. The van der Waals surface area contributed by atoms with Crippen molar-refractivity contribution in [3.63, 3.8) is 0 Å². The second-order valence-electron chi connectivity index (χ2n) is 3.22. The Morgan fingerprint density at radius 3 is 2.78 bits per heavy atom. The molecule has 0 fully saturated rings. The first-order valence-corrected chi connectivity index (χ1v) is 6.60. The van der Waals surface area contributed by atoms with E-state index in [-0.39, 0.29) is 0 Å². The van der Waals surface area contributed by atoms with Crippen LogP contribution in [0, 0.1) is 0 Å². The molecule has 0 unspecified atom stereocenters. The molecule has 0 atom stereocenters. The third kappa shape index (κ3) is 3.39. The second-order valence-corrected chi connectivity index (χ2v) is 5.11. The number of benzene rings is 1. The van der Waals surface area contributed by atoms with Crippen LogP contribution >= 0.6 is 27.7 Å². The molecule has 0 aliphatic rings. The van der Waals surface area contributed by atoms with Crippen LogP contribution in [0.25, 0.3) is 0 Å². The SMILES string of the molecule is FC(F)Sc1ccccc1Nc1ncncc1Br. The first-order valence-electron chi connectivity index (χ1n) is 4.93. The van der Waals surface area contributed by atoms with Gasteiger partial charge in [0.25, 0.3) is 5.76 Å². The normalized spacial score (nSPS) is 10.7. The molecule has 0 saturated heterocycles. The molecule has 0 aliphatic heterocycles. The molecule has 0 amide bonds. The third-order valence-corrected chi connectivity index (χ3v) is 3.39. The van der Waals surface area contributed by atoms with E-state index in [9.17, 15) is 8.78 Å². The van der Waals surface area contributed by atoms with E-state index in [1.54, 1.807) is 30.5 Å². The Kier molecular flexibility index (Phi) is 4.48. The van der Waals surface area contributed by atoms with Gasteiger partial charge >= 0.3 is 0 Å². The summed E-state index contributed by atoms with van der Waals surface area (Å²) in [5.74, 6) is -1.92. The quantitative estimate of drug-likeness (QED) is 0.848. The standard InChI is InChI=1S/C11H8BrF2N3S/c12-7-5-15-6-16-10(7)17-8-3-1-2-4-9(8)18-11(13)14/h1-6,11H,(H,15,16,17). The monoisotopic (exact) mass is 331 g/mol. The summed E-state index contributed by atoms with van der Waals surface area (Å²) in [6, 6.07) is 6.84. The lowest BCUT2D eigenvalue weighted by Crippen LogP contribution is -1.97. The number of halogens is 3. The van der Waals surface area contributed by atoms with Gasteiger partial charge in [0.1, 0.15) is 12.1 Å².